The predicted octanol–water partition coefficient (Wildman–Crippen LogP) is 2.52. The molecule has 2 aromatic rings. The van der Waals surface area contributed by atoms with Crippen molar-refractivity contribution in [2.24, 2.45) is 0 Å². The summed E-state index contributed by atoms with van der Waals surface area (Å²) in [7, 11) is 0. The van der Waals surface area contributed by atoms with Crippen LogP contribution in [0.4, 0.5) is 5.82 Å². The fourth-order valence-electron chi connectivity index (χ4n) is 3.09. The first-order chi connectivity index (χ1) is 11.4. The number of carbonyl (C=O) groups is 1. The van der Waals surface area contributed by atoms with Gasteiger partial charge in [0.2, 0.25) is 0 Å². The van der Waals surface area contributed by atoms with Gasteiger partial charge in [-0.2, -0.15) is 0 Å². The molecule has 0 radical (unpaired) electrons. The summed E-state index contributed by atoms with van der Waals surface area (Å²) in [6.07, 6.45) is 1.62. The maximum atomic E-state index is 12.4. The molecular formula is C17H22N4O3. The molecule has 1 atom stereocenters. The maximum absolute atomic E-state index is 12.4. The summed E-state index contributed by atoms with van der Waals surface area (Å²) < 4.78 is 10.7. The standard InChI is InChI=1S/C17H22N4O3/c1-10-8-15(19-13(4)18-10)21-7-5-6-14(9-21)23-17(22)16-11(2)20-24-12(16)3/h8,14H,5-7,9H2,1-4H3/t14-/m1/s1. The van der Waals surface area contributed by atoms with E-state index in [4.69, 9.17) is 9.26 Å². The first-order valence-corrected chi connectivity index (χ1v) is 8.15. The molecule has 0 aromatic carbocycles. The van der Waals surface area contributed by atoms with Crippen LogP contribution in [0.15, 0.2) is 10.6 Å². The molecule has 1 fully saturated rings. The van der Waals surface area contributed by atoms with Gasteiger partial charge in [-0.25, -0.2) is 14.8 Å². The van der Waals surface area contributed by atoms with E-state index in [0.717, 1.165) is 36.7 Å². The number of piperidine rings is 1. The zero-order valence-corrected chi connectivity index (χ0v) is 14.5. The number of ether oxygens (including phenoxy) is 1. The third-order valence-electron chi connectivity index (χ3n) is 4.17. The highest BCUT2D eigenvalue weighted by Gasteiger charge is 2.27. The van der Waals surface area contributed by atoms with Crippen molar-refractivity contribution in [3.8, 4) is 0 Å². The van der Waals surface area contributed by atoms with E-state index in [2.05, 4.69) is 20.0 Å². The lowest BCUT2D eigenvalue weighted by molar-refractivity contribution is 0.0266. The predicted molar refractivity (Wildman–Crippen MR) is 88.1 cm³/mol. The Bertz CT molecular complexity index is 717. The molecule has 0 spiro atoms. The largest absolute Gasteiger partial charge is 0.457 e. The minimum atomic E-state index is -0.367. The van der Waals surface area contributed by atoms with Gasteiger partial charge in [0.25, 0.3) is 0 Å². The zero-order chi connectivity index (χ0) is 17.3. The number of nitrogens with zero attached hydrogens (tertiary/aromatic N) is 4. The fourth-order valence-corrected chi connectivity index (χ4v) is 3.09. The number of carbonyl (C=O) groups excluding carboxylic acids is 1. The summed E-state index contributed by atoms with van der Waals surface area (Å²) >= 11 is 0. The topological polar surface area (TPSA) is 81.4 Å². The molecule has 0 saturated carbocycles. The highest BCUT2D eigenvalue weighted by molar-refractivity contribution is 5.91. The van der Waals surface area contributed by atoms with Crippen molar-refractivity contribution in [2.75, 3.05) is 18.0 Å². The molecule has 0 unspecified atom stereocenters. The van der Waals surface area contributed by atoms with Crippen molar-refractivity contribution in [1.82, 2.24) is 15.1 Å². The third kappa shape index (κ3) is 3.39. The average Bonchev–Trinajstić information content (AvgIpc) is 2.85. The van der Waals surface area contributed by atoms with Crippen LogP contribution in [0.3, 0.4) is 0 Å². The van der Waals surface area contributed by atoms with Crippen LogP contribution in [-0.2, 0) is 4.74 Å². The first-order valence-electron chi connectivity index (χ1n) is 8.15. The molecule has 3 rings (SSSR count). The van der Waals surface area contributed by atoms with Crippen LogP contribution in [0.5, 0.6) is 0 Å². The number of esters is 1. The van der Waals surface area contributed by atoms with Crippen molar-refractivity contribution < 1.29 is 14.1 Å². The Hall–Kier alpha value is -2.44. The molecular weight excluding hydrogens is 308 g/mol. The van der Waals surface area contributed by atoms with Crippen molar-refractivity contribution in [2.45, 2.75) is 46.6 Å². The minimum absolute atomic E-state index is 0.171. The number of aromatic nitrogens is 3. The molecule has 0 amide bonds. The molecule has 0 bridgehead atoms. The molecule has 2 aromatic heterocycles. The van der Waals surface area contributed by atoms with E-state index in [1.165, 1.54) is 0 Å². The highest BCUT2D eigenvalue weighted by atomic mass is 16.5. The number of rotatable bonds is 3. The molecule has 3 heterocycles. The number of hydrogen-bond acceptors (Lipinski definition) is 7. The second-order valence-corrected chi connectivity index (χ2v) is 6.23. The number of hydrogen-bond donors (Lipinski definition) is 0. The SMILES string of the molecule is Cc1cc(N2CCC[C@@H](OC(=O)c3c(C)noc3C)C2)nc(C)n1. The lowest BCUT2D eigenvalue weighted by Crippen LogP contribution is -2.41. The minimum Gasteiger partial charge on any atom is -0.457 e. The monoisotopic (exact) mass is 330 g/mol. The summed E-state index contributed by atoms with van der Waals surface area (Å²) in [6.45, 7) is 8.83. The van der Waals surface area contributed by atoms with Gasteiger partial charge in [-0.3, -0.25) is 0 Å². The van der Waals surface area contributed by atoms with Crippen LogP contribution in [0.1, 0.15) is 46.2 Å². The van der Waals surface area contributed by atoms with Crippen LogP contribution in [0, 0.1) is 27.7 Å². The van der Waals surface area contributed by atoms with Gasteiger partial charge in [-0.15, -0.1) is 0 Å². The van der Waals surface area contributed by atoms with E-state index in [0.29, 0.717) is 23.6 Å². The van der Waals surface area contributed by atoms with E-state index in [1.807, 2.05) is 19.9 Å². The summed E-state index contributed by atoms with van der Waals surface area (Å²) in [4.78, 5) is 23.4. The van der Waals surface area contributed by atoms with E-state index < -0.39 is 0 Å². The van der Waals surface area contributed by atoms with Crippen LogP contribution in [0.25, 0.3) is 0 Å². The Morgan fingerprint density at radius 2 is 2.08 bits per heavy atom. The van der Waals surface area contributed by atoms with Crippen molar-refractivity contribution in [1.29, 1.82) is 0 Å². The lowest BCUT2D eigenvalue weighted by atomic mass is 10.1. The molecule has 7 nitrogen and oxygen atoms in total. The Labute approximate surface area is 141 Å². The maximum Gasteiger partial charge on any atom is 0.344 e. The molecule has 7 heteroatoms. The Balaban J connectivity index is 1.71. The van der Waals surface area contributed by atoms with Gasteiger partial charge >= 0.3 is 5.97 Å². The van der Waals surface area contributed by atoms with Crippen molar-refractivity contribution >= 4 is 11.8 Å². The second-order valence-electron chi connectivity index (χ2n) is 6.23. The van der Waals surface area contributed by atoms with Gasteiger partial charge in [-0.1, -0.05) is 5.16 Å². The average molecular weight is 330 g/mol. The van der Waals surface area contributed by atoms with E-state index in [9.17, 15) is 4.79 Å². The molecule has 1 aliphatic heterocycles. The Kier molecular flexibility index (Phi) is 4.51. The van der Waals surface area contributed by atoms with Gasteiger partial charge in [0, 0.05) is 18.3 Å². The van der Waals surface area contributed by atoms with Crippen LogP contribution < -0.4 is 4.90 Å². The summed E-state index contributed by atoms with van der Waals surface area (Å²) in [5.41, 5.74) is 1.93. The molecule has 1 aliphatic rings. The van der Waals surface area contributed by atoms with E-state index in [1.54, 1.807) is 13.8 Å². The smallest absolute Gasteiger partial charge is 0.344 e. The zero-order valence-electron chi connectivity index (χ0n) is 14.5. The van der Waals surface area contributed by atoms with E-state index >= 15 is 0 Å². The lowest BCUT2D eigenvalue weighted by Gasteiger charge is -2.33. The van der Waals surface area contributed by atoms with Crippen LogP contribution >= 0.6 is 0 Å². The van der Waals surface area contributed by atoms with Crippen molar-refractivity contribution in [3.63, 3.8) is 0 Å². The molecule has 0 N–H and O–H groups in total. The van der Waals surface area contributed by atoms with E-state index in [-0.39, 0.29) is 12.1 Å². The number of anilines is 1. The van der Waals surface area contributed by atoms with Gasteiger partial charge in [-0.05, 0) is 40.5 Å². The molecule has 1 saturated heterocycles. The van der Waals surface area contributed by atoms with Crippen molar-refractivity contribution in [3.05, 3.63) is 34.6 Å². The summed E-state index contributed by atoms with van der Waals surface area (Å²) in [6, 6.07) is 1.96. The third-order valence-corrected chi connectivity index (χ3v) is 4.17. The Morgan fingerprint density at radius 1 is 1.29 bits per heavy atom. The van der Waals surface area contributed by atoms with Gasteiger partial charge in [0.05, 0.1) is 12.2 Å². The quantitative estimate of drug-likeness (QED) is 0.800. The number of aryl methyl sites for hydroxylation is 4. The normalized spacial score (nSPS) is 17.8. The highest BCUT2D eigenvalue weighted by Crippen LogP contribution is 2.22. The molecule has 24 heavy (non-hydrogen) atoms. The summed E-state index contributed by atoms with van der Waals surface area (Å²) in [5.74, 6) is 1.76. The molecule has 128 valence electrons. The van der Waals surface area contributed by atoms with Gasteiger partial charge in [0.15, 0.2) is 0 Å². The first kappa shape index (κ1) is 16.4. The van der Waals surface area contributed by atoms with Crippen LogP contribution in [0.2, 0.25) is 0 Å². The van der Waals surface area contributed by atoms with Crippen LogP contribution in [-0.4, -0.2) is 40.3 Å². The molecule has 0 aliphatic carbocycles. The second kappa shape index (κ2) is 6.59. The Morgan fingerprint density at radius 3 is 2.75 bits per heavy atom. The fraction of sp³-hybridized carbons (Fsp3) is 0.529. The van der Waals surface area contributed by atoms with Gasteiger partial charge in [0.1, 0.15) is 29.1 Å². The van der Waals surface area contributed by atoms with Gasteiger partial charge < -0.3 is 14.2 Å². The summed E-state index contributed by atoms with van der Waals surface area (Å²) in [5, 5.41) is 3.81.